The largest absolute Gasteiger partial charge is 0.301 e. The van der Waals surface area contributed by atoms with Crippen molar-refractivity contribution in [1.29, 1.82) is 5.26 Å². The van der Waals surface area contributed by atoms with Crippen molar-refractivity contribution in [2.45, 2.75) is 25.9 Å². The third-order valence-electron chi connectivity index (χ3n) is 5.21. The lowest BCUT2D eigenvalue weighted by Gasteiger charge is -2.15. The summed E-state index contributed by atoms with van der Waals surface area (Å²) in [6, 6.07) is 18.2. The fraction of sp³-hybridized carbons (Fsp3) is 0.250. The number of nitrogens with one attached hydrogen (secondary N) is 1. The van der Waals surface area contributed by atoms with Crippen LogP contribution in [-0.4, -0.2) is 44.3 Å². The second-order valence-corrected chi connectivity index (χ2v) is 7.73. The van der Waals surface area contributed by atoms with Crippen molar-refractivity contribution in [2.75, 3.05) is 13.6 Å². The van der Waals surface area contributed by atoms with Crippen molar-refractivity contribution < 1.29 is 4.79 Å². The molecule has 2 aromatic heterocycles. The average molecular weight is 412 g/mol. The first-order chi connectivity index (χ1) is 15.1. The minimum atomic E-state index is -0.0260. The van der Waals surface area contributed by atoms with Crippen LogP contribution in [0.25, 0.3) is 10.9 Å². The van der Waals surface area contributed by atoms with Gasteiger partial charge in [-0.3, -0.25) is 14.6 Å². The Morgan fingerprint density at radius 1 is 1.13 bits per heavy atom. The number of H-pyrrole nitrogens is 1. The predicted octanol–water partition coefficient (Wildman–Crippen LogP) is 3.58. The van der Waals surface area contributed by atoms with Crippen LogP contribution in [0.5, 0.6) is 0 Å². The molecule has 4 aromatic rings. The molecule has 0 fully saturated rings. The maximum Gasteiger partial charge on any atom is 0.188 e. The summed E-state index contributed by atoms with van der Waals surface area (Å²) in [5, 5.41) is 21.0. The van der Waals surface area contributed by atoms with Crippen LogP contribution in [0.4, 0.5) is 0 Å². The minimum Gasteiger partial charge on any atom is -0.301 e. The van der Waals surface area contributed by atoms with Gasteiger partial charge in [0.1, 0.15) is 5.69 Å². The van der Waals surface area contributed by atoms with Gasteiger partial charge in [-0.25, -0.2) is 0 Å². The molecule has 7 nitrogen and oxygen atoms in total. The number of nitrogens with zero attached hydrogens (tertiary/aromatic N) is 5. The maximum atomic E-state index is 12.7. The molecule has 156 valence electrons. The number of ketones is 1. The molecule has 0 atom stereocenters. The van der Waals surface area contributed by atoms with Crippen LogP contribution in [-0.2, 0) is 19.5 Å². The fourth-order valence-electron chi connectivity index (χ4n) is 3.60. The van der Waals surface area contributed by atoms with E-state index < -0.39 is 0 Å². The first kappa shape index (κ1) is 20.5. The zero-order chi connectivity index (χ0) is 21.6. The van der Waals surface area contributed by atoms with Crippen LogP contribution >= 0.6 is 0 Å². The van der Waals surface area contributed by atoms with E-state index in [9.17, 15) is 4.79 Å². The first-order valence-corrected chi connectivity index (χ1v) is 10.2. The summed E-state index contributed by atoms with van der Waals surface area (Å²) in [5.41, 5.74) is 4.55. The predicted molar refractivity (Wildman–Crippen MR) is 118 cm³/mol. The zero-order valence-corrected chi connectivity index (χ0v) is 17.5. The third-order valence-corrected chi connectivity index (χ3v) is 5.21. The van der Waals surface area contributed by atoms with Gasteiger partial charge in [0.2, 0.25) is 0 Å². The van der Waals surface area contributed by atoms with E-state index in [0.717, 1.165) is 35.1 Å². The quantitative estimate of drug-likeness (QED) is 0.424. The molecular weight excluding hydrogens is 388 g/mol. The highest BCUT2D eigenvalue weighted by atomic mass is 16.1. The summed E-state index contributed by atoms with van der Waals surface area (Å²) in [4.78, 5) is 14.8. The van der Waals surface area contributed by atoms with Gasteiger partial charge in [-0.15, -0.1) is 0 Å². The van der Waals surface area contributed by atoms with Crippen LogP contribution in [0.15, 0.2) is 60.9 Å². The highest BCUT2D eigenvalue weighted by molar-refractivity contribution is 6.06. The number of para-hydroxylation sites is 1. The van der Waals surface area contributed by atoms with E-state index in [2.05, 4.69) is 50.5 Å². The van der Waals surface area contributed by atoms with Crippen molar-refractivity contribution in [1.82, 2.24) is 24.9 Å². The van der Waals surface area contributed by atoms with Crippen molar-refractivity contribution in [3.05, 3.63) is 83.3 Å². The van der Waals surface area contributed by atoms with Gasteiger partial charge < -0.3 is 4.90 Å². The lowest BCUT2D eigenvalue weighted by atomic mass is 10.1. The second-order valence-electron chi connectivity index (χ2n) is 7.73. The summed E-state index contributed by atoms with van der Waals surface area (Å²) in [6.07, 6.45) is 4.46. The van der Waals surface area contributed by atoms with Gasteiger partial charge in [0.25, 0.3) is 0 Å². The molecule has 0 bridgehead atoms. The number of nitriles is 1. The van der Waals surface area contributed by atoms with Gasteiger partial charge in [-0.05, 0) is 29.8 Å². The Kier molecular flexibility index (Phi) is 6.20. The smallest absolute Gasteiger partial charge is 0.188 e. The van der Waals surface area contributed by atoms with Crippen LogP contribution < -0.4 is 0 Å². The Morgan fingerprint density at radius 2 is 1.90 bits per heavy atom. The number of benzene rings is 2. The fourth-order valence-corrected chi connectivity index (χ4v) is 3.60. The standard InChI is InChI=1S/C24H24N6O/c1-29(12-4-11-25)15-18-7-9-19(10-8-18)16-30-17-20(14-26-30)13-23(31)24-21-5-2-3-6-22(21)27-28-24/h2-3,5-10,14,17H,4,12-13,15-16H2,1H3,(H,27,28). The van der Waals surface area contributed by atoms with E-state index >= 15 is 0 Å². The molecule has 0 spiro atoms. The molecule has 31 heavy (non-hydrogen) atoms. The van der Waals surface area contributed by atoms with E-state index in [1.54, 1.807) is 6.20 Å². The Balaban J connectivity index is 1.36. The molecule has 1 N–H and O–H groups in total. The number of carbonyl (C=O) groups is 1. The molecule has 0 aliphatic rings. The molecule has 0 aliphatic heterocycles. The second kappa shape index (κ2) is 9.37. The van der Waals surface area contributed by atoms with E-state index in [4.69, 9.17) is 5.26 Å². The van der Waals surface area contributed by atoms with Gasteiger partial charge in [-0.1, -0.05) is 42.5 Å². The van der Waals surface area contributed by atoms with Crippen molar-refractivity contribution >= 4 is 16.7 Å². The Bertz CT molecular complexity index is 1210. The van der Waals surface area contributed by atoms with Gasteiger partial charge in [0, 0.05) is 37.5 Å². The number of hydrogen-bond acceptors (Lipinski definition) is 5. The maximum absolute atomic E-state index is 12.7. The number of carbonyl (C=O) groups excluding carboxylic acids is 1. The Labute approximate surface area is 180 Å². The van der Waals surface area contributed by atoms with E-state index in [-0.39, 0.29) is 12.2 Å². The highest BCUT2D eigenvalue weighted by Crippen LogP contribution is 2.17. The lowest BCUT2D eigenvalue weighted by molar-refractivity contribution is 0.0989. The molecule has 0 saturated heterocycles. The van der Waals surface area contributed by atoms with Crippen LogP contribution in [0, 0.1) is 11.3 Å². The van der Waals surface area contributed by atoms with E-state index in [1.807, 2.05) is 42.2 Å². The number of hydrogen-bond donors (Lipinski definition) is 1. The highest BCUT2D eigenvalue weighted by Gasteiger charge is 2.15. The van der Waals surface area contributed by atoms with E-state index in [1.165, 1.54) is 5.56 Å². The zero-order valence-electron chi connectivity index (χ0n) is 17.5. The van der Waals surface area contributed by atoms with Gasteiger partial charge >= 0.3 is 0 Å². The van der Waals surface area contributed by atoms with Crippen LogP contribution in [0.1, 0.15) is 33.6 Å². The van der Waals surface area contributed by atoms with Gasteiger partial charge in [0.15, 0.2) is 5.78 Å². The summed E-state index contributed by atoms with van der Waals surface area (Å²) in [7, 11) is 2.02. The summed E-state index contributed by atoms with van der Waals surface area (Å²) >= 11 is 0. The number of aromatic amines is 1. The number of fused-ring (bicyclic) bond motifs is 1. The molecule has 2 aromatic carbocycles. The van der Waals surface area contributed by atoms with Gasteiger partial charge in [0.05, 0.1) is 24.3 Å². The molecule has 2 heterocycles. The number of aromatic nitrogens is 4. The Hall–Kier alpha value is -3.76. The lowest BCUT2D eigenvalue weighted by Crippen LogP contribution is -2.18. The number of rotatable bonds is 9. The minimum absolute atomic E-state index is 0.0260. The third kappa shape index (κ3) is 5.05. The average Bonchev–Trinajstić information content (AvgIpc) is 3.40. The van der Waals surface area contributed by atoms with Crippen molar-refractivity contribution in [3.63, 3.8) is 0 Å². The monoisotopic (exact) mass is 412 g/mol. The summed E-state index contributed by atoms with van der Waals surface area (Å²) in [6.45, 7) is 2.23. The van der Waals surface area contributed by atoms with Crippen LogP contribution in [0.3, 0.4) is 0 Å². The van der Waals surface area contributed by atoms with Crippen LogP contribution in [0.2, 0.25) is 0 Å². The molecule has 0 radical (unpaired) electrons. The normalized spacial score (nSPS) is 11.1. The summed E-state index contributed by atoms with van der Waals surface area (Å²) < 4.78 is 1.85. The molecule has 0 unspecified atom stereocenters. The molecule has 0 saturated carbocycles. The molecular formula is C24H24N6O. The number of Topliss-reactive ketones (excluding diaryl/α,β-unsaturated/α-hetero) is 1. The Morgan fingerprint density at radius 3 is 2.71 bits per heavy atom. The van der Waals surface area contributed by atoms with Crippen molar-refractivity contribution in [2.24, 2.45) is 0 Å². The molecule has 4 rings (SSSR count). The summed E-state index contributed by atoms with van der Waals surface area (Å²) in [5.74, 6) is -0.0260. The topological polar surface area (TPSA) is 90.6 Å². The molecule has 0 amide bonds. The van der Waals surface area contributed by atoms with Crippen molar-refractivity contribution in [3.8, 4) is 6.07 Å². The van der Waals surface area contributed by atoms with Gasteiger partial charge in [-0.2, -0.15) is 15.5 Å². The first-order valence-electron chi connectivity index (χ1n) is 10.2. The molecule has 7 heteroatoms. The SMILES string of the molecule is CN(CCC#N)Cc1ccc(Cn2cc(CC(=O)c3n[nH]c4ccccc34)cn2)cc1. The van der Waals surface area contributed by atoms with E-state index in [0.29, 0.717) is 18.7 Å². The molecule has 0 aliphatic carbocycles.